The first-order valence-corrected chi connectivity index (χ1v) is 8.24. The van der Waals surface area contributed by atoms with E-state index in [0.717, 1.165) is 38.5 Å². The molecule has 1 heterocycles. The van der Waals surface area contributed by atoms with Crippen LogP contribution in [-0.2, 0) is 10.2 Å². The Morgan fingerprint density at radius 1 is 1.11 bits per heavy atom. The summed E-state index contributed by atoms with van der Waals surface area (Å²) in [5, 5.41) is 9.19. The summed E-state index contributed by atoms with van der Waals surface area (Å²) in [4.78, 5) is 0. The number of hydrogen-bond acceptors (Lipinski definition) is 3. The highest BCUT2D eigenvalue weighted by molar-refractivity contribution is 7.87. The molecule has 1 N–H and O–H groups in total. The quantitative estimate of drug-likeness (QED) is 0.839. The van der Waals surface area contributed by atoms with Crippen LogP contribution in [0.5, 0.6) is 0 Å². The average molecular weight is 271 g/mol. The van der Waals surface area contributed by atoms with Gasteiger partial charge < -0.3 is 0 Å². The standard InChI is InChI=1S/C12H21N3O2S/c13-10-12(11-6-2-1-3-7-11)14-18(16,17)15-8-4-5-9-15/h11-12,14H,1-9H2. The van der Waals surface area contributed by atoms with E-state index in [0.29, 0.717) is 13.1 Å². The Morgan fingerprint density at radius 3 is 2.28 bits per heavy atom. The Balaban J connectivity index is 1.98. The fourth-order valence-corrected chi connectivity index (χ4v) is 4.31. The SMILES string of the molecule is N#CC(NS(=O)(=O)N1CCCC1)C1CCCCC1. The molecule has 6 heteroatoms. The molecule has 1 saturated carbocycles. The minimum absolute atomic E-state index is 0.182. The first-order valence-electron chi connectivity index (χ1n) is 6.80. The maximum Gasteiger partial charge on any atom is 0.280 e. The molecule has 0 spiro atoms. The van der Waals surface area contributed by atoms with E-state index in [-0.39, 0.29) is 5.92 Å². The lowest BCUT2D eigenvalue weighted by Crippen LogP contribution is -2.46. The number of hydrogen-bond donors (Lipinski definition) is 1. The van der Waals surface area contributed by atoms with Crippen molar-refractivity contribution < 1.29 is 8.42 Å². The van der Waals surface area contributed by atoms with Crippen LogP contribution in [0.4, 0.5) is 0 Å². The van der Waals surface area contributed by atoms with Gasteiger partial charge in [0, 0.05) is 13.1 Å². The molecule has 0 radical (unpaired) electrons. The summed E-state index contributed by atoms with van der Waals surface area (Å²) >= 11 is 0. The molecule has 2 aliphatic rings. The third kappa shape index (κ3) is 3.22. The maximum atomic E-state index is 12.1. The van der Waals surface area contributed by atoms with Crippen LogP contribution in [0.25, 0.3) is 0 Å². The molecular weight excluding hydrogens is 250 g/mol. The predicted molar refractivity (Wildman–Crippen MR) is 68.8 cm³/mol. The van der Waals surface area contributed by atoms with Crippen LogP contribution in [-0.4, -0.2) is 31.9 Å². The highest BCUT2D eigenvalue weighted by Crippen LogP contribution is 2.27. The molecule has 1 atom stereocenters. The summed E-state index contributed by atoms with van der Waals surface area (Å²) in [5.41, 5.74) is 0. The van der Waals surface area contributed by atoms with Gasteiger partial charge in [-0.05, 0) is 31.6 Å². The molecule has 0 bridgehead atoms. The lowest BCUT2D eigenvalue weighted by Gasteiger charge is -2.27. The monoisotopic (exact) mass is 271 g/mol. The Kier molecular flexibility index (Phi) is 4.60. The van der Waals surface area contributed by atoms with Gasteiger partial charge in [0.25, 0.3) is 10.2 Å². The molecule has 2 fully saturated rings. The van der Waals surface area contributed by atoms with Crippen LogP contribution in [0.2, 0.25) is 0 Å². The number of nitrogens with zero attached hydrogens (tertiary/aromatic N) is 2. The minimum Gasteiger partial charge on any atom is -0.197 e. The van der Waals surface area contributed by atoms with E-state index in [2.05, 4.69) is 10.8 Å². The summed E-state index contributed by atoms with van der Waals surface area (Å²) in [7, 11) is -3.46. The summed E-state index contributed by atoms with van der Waals surface area (Å²) < 4.78 is 28.3. The highest BCUT2D eigenvalue weighted by Gasteiger charge is 2.31. The van der Waals surface area contributed by atoms with Crippen LogP contribution < -0.4 is 4.72 Å². The van der Waals surface area contributed by atoms with E-state index in [1.54, 1.807) is 0 Å². The summed E-state index contributed by atoms with van der Waals surface area (Å²) in [5.74, 6) is 0.182. The Bertz CT molecular complexity index is 404. The molecule has 0 amide bonds. The predicted octanol–water partition coefficient (Wildman–Crippen LogP) is 1.39. The molecular formula is C12H21N3O2S. The molecule has 1 aliphatic carbocycles. The van der Waals surface area contributed by atoms with Crippen LogP contribution in [0.15, 0.2) is 0 Å². The van der Waals surface area contributed by atoms with Gasteiger partial charge in [0.15, 0.2) is 0 Å². The van der Waals surface area contributed by atoms with Gasteiger partial charge in [0.2, 0.25) is 0 Å². The number of nitriles is 1. The molecule has 102 valence electrons. The fraction of sp³-hybridized carbons (Fsp3) is 0.917. The van der Waals surface area contributed by atoms with Crippen molar-refractivity contribution in [1.29, 1.82) is 5.26 Å². The third-order valence-electron chi connectivity index (χ3n) is 3.94. The number of rotatable bonds is 4. The molecule has 5 nitrogen and oxygen atoms in total. The molecule has 18 heavy (non-hydrogen) atoms. The first kappa shape index (κ1) is 13.8. The minimum atomic E-state index is -3.46. The van der Waals surface area contributed by atoms with E-state index >= 15 is 0 Å². The largest absolute Gasteiger partial charge is 0.280 e. The Labute approximate surface area is 109 Å². The smallest absolute Gasteiger partial charge is 0.197 e. The van der Waals surface area contributed by atoms with Crippen molar-refractivity contribution in [2.45, 2.75) is 51.0 Å². The lowest BCUT2D eigenvalue weighted by atomic mass is 9.85. The van der Waals surface area contributed by atoms with Gasteiger partial charge in [-0.1, -0.05) is 19.3 Å². The summed E-state index contributed by atoms with van der Waals surface area (Å²) in [6.07, 6.45) is 7.17. The van der Waals surface area contributed by atoms with Gasteiger partial charge >= 0.3 is 0 Å². The Morgan fingerprint density at radius 2 is 1.72 bits per heavy atom. The topological polar surface area (TPSA) is 73.2 Å². The molecule has 0 aromatic carbocycles. The van der Waals surface area contributed by atoms with Crippen LogP contribution in [0, 0.1) is 17.2 Å². The zero-order valence-corrected chi connectivity index (χ0v) is 11.5. The van der Waals surface area contributed by atoms with Crippen LogP contribution in [0.1, 0.15) is 44.9 Å². The number of nitrogens with one attached hydrogen (secondary N) is 1. The van der Waals surface area contributed by atoms with E-state index in [1.165, 1.54) is 10.7 Å². The Hall–Kier alpha value is -0.640. The second kappa shape index (κ2) is 6.00. The van der Waals surface area contributed by atoms with Gasteiger partial charge in [-0.2, -0.15) is 22.7 Å². The van der Waals surface area contributed by atoms with Crippen molar-refractivity contribution in [3.8, 4) is 6.07 Å². The van der Waals surface area contributed by atoms with Crippen molar-refractivity contribution in [1.82, 2.24) is 9.03 Å². The van der Waals surface area contributed by atoms with Crippen molar-refractivity contribution in [2.75, 3.05) is 13.1 Å². The molecule has 1 saturated heterocycles. The van der Waals surface area contributed by atoms with Gasteiger partial charge in [0.1, 0.15) is 6.04 Å². The molecule has 2 rings (SSSR count). The lowest BCUT2D eigenvalue weighted by molar-refractivity contribution is 0.319. The summed E-state index contributed by atoms with van der Waals surface area (Å²) in [6.45, 7) is 1.16. The maximum absolute atomic E-state index is 12.1. The van der Waals surface area contributed by atoms with Crippen LogP contribution in [0.3, 0.4) is 0 Å². The van der Waals surface area contributed by atoms with Gasteiger partial charge in [0.05, 0.1) is 6.07 Å². The van der Waals surface area contributed by atoms with Crippen molar-refractivity contribution in [3.05, 3.63) is 0 Å². The zero-order chi connectivity index (χ0) is 13.0. The van der Waals surface area contributed by atoms with Gasteiger partial charge in [-0.25, -0.2) is 0 Å². The van der Waals surface area contributed by atoms with E-state index < -0.39 is 16.3 Å². The zero-order valence-electron chi connectivity index (χ0n) is 10.6. The molecule has 0 aromatic rings. The average Bonchev–Trinajstić information content (AvgIpc) is 2.92. The van der Waals surface area contributed by atoms with Crippen molar-refractivity contribution >= 4 is 10.2 Å². The van der Waals surface area contributed by atoms with Gasteiger partial charge in [-0.3, -0.25) is 0 Å². The van der Waals surface area contributed by atoms with Crippen molar-refractivity contribution in [3.63, 3.8) is 0 Å². The second-order valence-corrected chi connectivity index (χ2v) is 6.94. The van der Waals surface area contributed by atoms with Crippen LogP contribution >= 0.6 is 0 Å². The normalized spacial score (nSPS) is 24.8. The highest BCUT2D eigenvalue weighted by atomic mass is 32.2. The molecule has 1 unspecified atom stereocenters. The molecule has 1 aliphatic heterocycles. The summed E-state index contributed by atoms with van der Waals surface area (Å²) in [6, 6.07) is 1.58. The van der Waals surface area contributed by atoms with Crippen molar-refractivity contribution in [2.24, 2.45) is 5.92 Å². The first-order chi connectivity index (χ1) is 8.63. The fourth-order valence-electron chi connectivity index (χ4n) is 2.86. The van der Waals surface area contributed by atoms with E-state index in [1.807, 2.05) is 0 Å². The van der Waals surface area contributed by atoms with E-state index in [4.69, 9.17) is 0 Å². The van der Waals surface area contributed by atoms with E-state index in [9.17, 15) is 13.7 Å². The third-order valence-corrected chi connectivity index (χ3v) is 5.54. The second-order valence-electron chi connectivity index (χ2n) is 5.23. The molecule has 0 aromatic heterocycles. The van der Waals surface area contributed by atoms with Gasteiger partial charge in [-0.15, -0.1) is 0 Å².